The Hall–Kier alpha value is -2.27. The molecule has 1 spiro atoms. The van der Waals surface area contributed by atoms with E-state index in [9.17, 15) is 9.90 Å². The van der Waals surface area contributed by atoms with Crippen LogP contribution in [0.4, 0.5) is 5.95 Å². The molecule has 11 heteroatoms. The molecule has 2 saturated heterocycles. The van der Waals surface area contributed by atoms with Crippen LogP contribution in [-0.4, -0.2) is 65.0 Å². The molecule has 5 heterocycles. The number of fused-ring (bicyclic) bond motifs is 2. The molecular formula is C23H20Cl2N4O4S. The van der Waals surface area contributed by atoms with Gasteiger partial charge in [0.05, 0.1) is 71.2 Å². The van der Waals surface area contributed by atoms with Crippen LogP contribution in [-0.2, 0) is 15.0 Å². The Labute approximate surface area is 209 Å². The number of hydrogen-bond donors (Lipinski definition) is 2. The summed E-state index contributed by atoms with van der Waals surface area (Å²) in [5.74, 6) is 0.259. The molecule has 34 heavy (non-hydrogen) atoms. The lowest BCUT2D eigenvalue weighted by atomic mass is 9.92. The first-order valence-corrected chi connectivity index (χ1v) is 12.4. The van der Waals surface area contributed by atoms with Crippen molar-refractivity contribution in [2.24, 2.45) is 0 Å². The summed E-state index contributed by atoms with van der Waals surface area (Å²) in [5.41, 5.74) is 1.16. The lowest BCUT2D eigenvalue weighted by Crippen LogP contribution is -2.58. The van der Waals surface area contributed by atoms with Gasteiger partial charge >= 0.3 is 0 Å². The van der Waals surface area contributed by atoms with Crippen LogP contribution in [0, 0.1) is 0 Å². The Morgan fingerprint density at radius 2 is 2.09 bits per heavy atom. The number of rotatable bonds is 6. The van der Waals surface area contributed by atoms with Crippen LogP contribution < -0.4 is 5.32 Å². The molecule has 0 aliphatic carbocycles. The molecule has 2 aromatic heterocycles. The molecule has 1 aromatic carbocycles. The van der Waals surface area contributed by atoms with Gasteiger partial charge in [-0.1, -0.05) is 35.3 Å². The van der Waals surface area contributed by atoms with E-state index in [1.54, 1.807) is 29.3 Å². The van der Waals surface area contributed by atoms with Crippen molar-refractivity contribution in [1.29, 1.82) is 0 Å². The molecule has 176 valence electrons. The quantitative estimate of drug-likeness (QED) is 0.512. The summed E-state index contributed by atoms with van der Waals surface area (Å²) < 4.78 is 10.8. The topological polar surface area (TPSA) is 96.8 Å². The molecule has 0 saturated carbocycles. The largest absolute Gasteiger partial charge is 0.394 e. The molecule has 1 amide bonds. The van der Waals surface area contributed by atoms with Crippen molar-refractivity contribution in [3.8, 4) is 10.6 Å². The molecule has 6 rings (SSSR count). The smallest absolute Gasteiger partial charge is 0.258 e. The van der Waals surface area contributed by atoms with Gasteiger partial charge in [0.25, 0.3) is 5.91 Å². The van der Waals surface area contributed by atoms with Gasteiger partial charge in [0.2, 0.25) is 5.95 Å². The predicted molar refractivity (Wildman–Crippen MR) is 129 cm³/mol. The Morgan fingerprint density at radius 1 is 1.26 bits per heavy atom. The SMILES string of the molecule is O=C1c2c(sc(-c3ccnc(NC4COC4)n3)c2Cl)C2(COC2)N1C(CO)c1cccc(Cl)c1. The van der Waals surface area contributed by atoms with Crippen molar-refractivity contribution in [3.05, 3.63) is 62.6 Å². The first kappa shape index (κ1) is 22.2. The third-order valence-electron chi connectivity index (χ3n) is 6.43. The molecule has 0 bridgehead atoms. The van der Waals surface area contributed by atoms with Gasteiger partial charge < -0.3 is 24.8 Å². The number of nitrogens with one attached hydrogen (secondary N) is 1. The van der Waals surface area contributed by atoms with Crippen LogP contribution in [0.25, 0.3) is 10.6 Å². The third kappa shape index (κ3) is 3.34. The van der Waals surface area contributed by atoms with Gasteiger partial charge in [0, 0.05) is 11.2 Å². The van der Waals surface area contributed by atoms with Crippen LogP contribution in [0.1, 0.15) is 26.8 Å². The Balaban J connectivity index is 1.39. The minimum Gasteiger partial charge on any atom is -0.394 e. The van der Waals surface area contributed by atoms with Gasteiger partial charge in [0.15, 0.2) is 0 Å². The summed E-state index contributed by atoms with van der Waals surface area (Å²) in [4.78, 5) is 25.9. The lowest BCUT2D eigenvalue weighted by molar-refractivity contribution is -0.139. The number of hydrogen-bond acceptors (Lipinski definition) is 8. The van der Waals surface area contributed by atoms with E-state index in [1.165, 1.54) is 11.3 Å². The van der Waals surface area contributed by atoms with Crippen LogP contribution in [0.2, 0.25) is 10.0 Å². The zero-order chi connectivity index (χ0) is 23.4. The van der Waals surface area contributed by atoms with Gasteiger partial charge in [-0.3, -0.25) is 4.79 Å². The van der Waals surface area contributed by atoms with Crippen LogP contribution >= 0.6 is 34.5 Å². The van der Waals surface area contributed by atoms with Gasteiger partial charge in [0.1, 0.15) is 5.54 Å². The molecule has 3 aromatic rings. The zero-order valence-electron chi connectivity index (χ0n) is 17.8. The number of aromatic nitrogens is 2. The van der Waals surface area contributed by atoms with E-state index in [0.717, 1.165) is 10.4 Å². The van der Waals surface area contributed by atoms with Gasteiger partial charge in [-0.15, -0.1) is 11.3 Å². The average Bonchev–Trinajstić information content (AvgIpc) is 3.24. The maximum Gasteiger partial charge on any atom is 0.258 e. The molecule has 3 aliphatic rings. The summed E-state index contributed by atoms with van der Waals surface area (Å²) in [5, 5.41) is 14.4. The van der Waals surface area contributed by atoms with E-state index in [0.29, 0.717) is 58.6 Å². The monoisotopic (exact) mass is 518 g/mol. The van der Waals surface area contributed by atoms with Crippen LogP contribution in [0.3, 0.4) is 0 Å². The normalized spacial score (nSPS) is 19.6. The second-order valence-corrected chi connectivity index (χ2v) is 10.4. The number of nitrogens with zero attached hydrogens (tertiary/aromatic N) is 3. The molecule has 8 nitrogen and oxygen atoms in total. The van der Waals surface area contributed by atoms with E-state index in [1.807, 2.05) is 12.1 Å². The Bertz CT molecular complexity index is 1280. The molecule has 0 radical (unpaired) electrons. The van der Waals surface area contributed by atoms with Crippen molar-refractivity contribution in [2.45, 2.75) is 17.6 Å². The lowest BCUT2D eigenvalue weighted by Gasteiger charge is -2.48. The molecule has 3 aliphatic heterocycles. The molecule has 1 atom stereocenters. The number of ether oxygens (including phenoxy) is 2. The summed E-state index contributed by atoms with van der Waals surface area (Å²) in [6, 6.07) is 8.59. The Kier molecular flexibility index (Phi) is 5.51. The highest BCUT2D eigenvalue weighted by atomic mass is 35.5. The van der Waals surface area contributed by atoms with Gasteiger partial charge in [-0.2, -0.15) is 0 Å². The number of aliphatic hydroxyl groups excluding tert-OH is 1. The van der Waals surface area contributed by atoms with Crippen molar-refractivity contribution < 1.29 is 19.4 Å². The molecule has 2 fully saturated rings. The van der Waals surface area contributed by atoms with E-state index in [2.05, 4.69) is 15.3 Å². The van der Waals surface area contributed by atoms with Gasteiger partial charge in [-0.05, 0) is 23.8 Å². The van der Waals surface area contributed by atoms with Crippen molar-refractivity contribution in [2.75, 3.05) is 38.4 Å². The second kappa shape index (κ2) is 8.44. The first-order valence-electron chi connectivity index (χ1n) is 10.8. The molecule has 2 N–H and O–H groups in total. The highest BCUT2D eigenvalue weighted by Crippen LogP contribution is 2.56. The fourth-order valence-electron chi connectivity index (χ4n) is 4.63. The second-order valence-electron chi connectivity index (χ2n) is 8.55. The minimum absolute atomic E-state index is 0.187. The number of halogens is 2. The van der Waals surface area contributed by atoms with E-state index in [4.69, 9.17) is 32.7 Å². The number of benzene rings is 1. The van der Waals surface area contributed by atoms with Crippen molar-refractivity contribution in [1.82, 2.24) is 14.9 Å². The maximum absolute atomic E-state index is 13.8. The number of anilines is 1. The summed E-state index contributed by atoms with van der Waals surface area (Å²) in [7, 11) is 0. The van der Waals surface area contributed by atoms with Crippen molar-refractivity contribution in [3.63, 3.8) is 0 Å². The van der Waals surface area contributed by atoms with E-state index >= 15 is 0 Å². The van der Waals surface area contributed by atoms with Gasteiger partial charge in [-0.25, -0.2) is 9.97 Å². The maximum atomic E-state index is 13.8. The van der Waals surface area contributed by atoms with Crippen molar-refractivity contribution >= 4 is 46.4 Å². The fraction of sp³-hybridized carbons (Fsp3) is 0.348. The molecular weight excluding hydrogens is 499 g/mol. The standard InChI is InChI=1S/C23H20Cl2N4O4S/c24-13-3-1-2-12(6-13)16(7-30)29-21(31)17-18(25)19(34-20(17)23(29)10-33-11-23)15-4-5-26-22(28-15)27-14-8-32-9-14/h1-6,14,16,30H,7-11H2,(H,26,27,28). The van der Waals surface area contributed by atoms with E-state index < -0.39 is 11.6 Å². The average molecular weight is 519 g/mol. The zero-order valence-corrected chi connectivity index (χ0v) is 20.2. The summed E-state index contributed by atoms with van der Waals surface area (Å²) >= 11 is 14.5. The predicted octanol–water partition coefficient (Wildman–Crippen LogP) is 3.74. The first-order chi connectivity index (χ1) is 16.5. The van der Waals surface area contributed by atoms with Crippen LogP contribution in [0.15, 0.2) is 36.5 Å². The number of thiophene rings is 1. The third-order valence-corrected chi connectivity index (χ3v) is 8.56. The number of amides is 1. The minimum atomic E-state index is -0.688. The molecule has 1 unspecified atom stereocenters. The highest BCUT2D eigenvalue weighted by Gasteiger charge is 2.59. The summed E-state index contributed by atoms with van der Waals surface area (Å²) in [6.07, 6.45) is 1.67. The number of aliphatic hydroxyl groups is 1. The van der Waals surface area contributed by atoms with Crippen LogP contribution in [0.5, 0.6) is 0 Å². The number of carbonyl (C=O) groups is 1. The fourth-order valence-corrected chi connectivity index (χ4v) is 6.58. The number of carbonyl (C=O) groups excluding carboxylic acids is 1. The highest BCUT2D eigenvalue weighted by molar-refractivity contribution is 7.17. The van der Waals surface area contributed by atoms with E-state index in [-0.39, 0.29) is 18.6 Å². The Morgan fingerprint density at radius 3 is 2.74 bits per heavy atom. The summed E-state index contributed by atoms with van der Waals surface area (Å²) in [6.45, 7) is 1.65.